The first-order valence-corrected chi connectivity index (χ1v) is 11.7. The first kappa shape index (κ1) is 25.2. The van der Waals surface area contributed by atoms with E-state index in [0.717, 1.165) is 4.70 Å². The molecule has 0 aliphatic heterocycles. The Kier molecular flexibility index (Phi) is 8.61. The fraction of sp³-hybridized carbons (Fsp3) is 0.391. The maximum Gasteiger partial charge on any atom is 0.279 e. The van der Waals surface area contributed by atoms with Crippen molar-refractivity contribution in [3.05, 3.63) is 50.8 Å². The van der Waals surface area contributed by atoms with Crippen LogP contribution in [0.5, 0.6) is 17.2 Å². The molecule has 182 valence electrons. The summed E-state index contributed by atoms with van der Waals surface area (Å²) in [6, 6.07) is 7.73. The van der Waals surface area contributed by atoms with E-state index in [0.29, 0.717) is 60.5 Å². The van der Waals surface area contributed by atoms with Crippen LogP contribution in [0.15, 0.2) is 35.3 Å². The number of nitrogens with zero attached hydrogens (tertiary/aromatic N) is 3. The molecule has 0 saturated heterocycles. The fourth-order valence-electron chi connectivity index (χ4n) is 3.32. The molecule has 0 spiro atoms. The molecule has 3 rings (SSSR count). The first-order valence-electron chi connectivity index (χ1n) is 10.9. The van der Waals surface area contributed by atoms with Gasteiger partial charge in [0.05, 0.1) is 41.6 Å². The lowest BCUT2D eigenvalue weighted by Crippen LogP contribution is -2.19. The number of non-ortho nitro benzene ring substituents is 1. The van der Waals surface area contributed by atoms with Crippen molar-refractivity contribution in [1.82, 2.24) is 4.57 Å². The van der Waals surface area contributed by atoms with Crippen molar-refractivity contribution in [2.75, 3.05) is 33.5 Å². The molecule has 34 heavy (non-hydrogen) atoms. The molecule has 0 fully saturated rings. The number of amides is 1. The van der Waals surface area contributed by atoms with Gasteiger partial charge in [0, 0.05) is 31.4 Å². The molecule has 0 atom stereocenters. The Balaban J connectivity index is 2.14. The summed E-state index contributed by atoms with van der Waals surface area (Å²) in [5.41, 5.74) is 0.847. The van der Waals surface area contributed by atoms with Crippen LogP contribution in [0, 0.1) is 10.1 Å². The van der Waals surface area contributed by atoms with Crippen molar-refractivity contribution in [2.45, 2.75) is 27.3 Å². The Labute approximate surface area is 200 Å². The number of carbonyl (C=O) groups is 1. The lowest BCUT2D eigenvalue weighted by atomic mass is 10.1. The molecule has 10 nitrogen and oxygen atoms in total. The number of thiazole rings is 1. The molecule has 0 aliphatic carbocycles. The molecule has 1 amide bonds. The van der Waals surface area contributed by atoms with Crippen LogP contribution >= 0.6 is 11.3 Å². The van der Waals surface area contributed by atoms with Gasteiger partial charge in [-0.1, -0.05) is 11.3 Å². The number of nitro benzene ring substituents is 1. The van der Waals surface area contributed by atoms with Crippen LogP contribution in [-0.2, 0) is 11.3 Å². The highest BCUT2D eigenvalue weighted by molar-refractivity contribution is 7.16. The number of carbonyl (C=O) groups excluding carboxylic acids is 1. The highest BCUT2D eigenvalue weighted by atomic mass is 32.1. The second kappa shape index (κ2) is 11.6. The minimum absolute atomic E-state index is 0.0384. The summed E-state index contributed by atoms with van der Waals surface area (Å²) in [6.45, 7) is 7.42. The van der Waals surface area contributed by atoms with Crippen LogP contribution in [0.1, 0.15) is 31.1 Å². The molecule has 0 saturated carbocycles. The topological polar surface area (TPSA) is 114 Å². The number of nitro groups is 1. The molecular formula is C23H27N3O7S. The number of methoxy groups -OCH3 is 1. The third kappa shape index (κ3) is 5.54. The second-order valence-corrected chi connectivity index (χ2v) is 7.96. The summed E-state index contributed by atoms with van der Waals surface area (Å²) in [5, 5.41) is 11.2. The number of fused-ring (bicyclic) bond motifs is 1. The normalized spacial score (nSPS) is 11.6. The molecule has 0 N–H and O–H groups in total. The Morgan fingerprint density at radius 2 is 1.71 bits per heavy atom. The monoisotopic (exact) mass is 489 g/mol. The summed E-state index contributed by atoms with van der Waals surface area (Å²) in [7, 11) is 1.56. The van der Waals surface area contributed by atoms with E-state index in [9.17, 15) is 14.9 Å². The molecule has 0 bridgehead atoms. The van der Waals surface area contributed by atoms with Gasteiger partial charge in [-0.25, -0.2) is 0 Å². The molecule has 0 radical (unpaired) electrons. The zero-order valence-electron chi connectivity index (χ0n) is 19.5. The van der Waals surface area contributed by atoms with Gasteiger partial charge in [0.1, 0.15) is 0 Å². The molecule has 3 aromatic rings. The van der Waals surface area contributed by atoms with E-state index in [1.807, 2.05) is 20.8 Å². The third-order valence-electron chi connectivity index (χ3n) is 4.75. The second-order valence-electron chi connectivity index (χ2n) is 6.96. The highest BCUT2D eigenvalue weighted by Gasteiger charge is 2.19. The Morgan fingerprint density at radius 1 is 1.06 bits per heavy atom. The fourth-order valence-corrected chi connectivity index (χ4v) is 4.35. The van der Waals surface area contributed by atoms with Crippen molar-refractivity contribution in [1.29, 1.82) is 0 Å². The van der Waals surface area contributed by atoms with E-state index in [1.54, 1.807) is 29.9 Å². The first-order chi connectivity index (χ1) is 16.4. The maximum atomic E-state index is 13.2. The van der Waals surface area contributed by atoms with E-state index >= 15 is 0 Å². The molecule has 0 aliphatic rings. The van der Waals surface area contributed by atoms with Gasteiger partial charge in [-0.05, 0) is 39.0 Å². The Bertz CT molecular complexity index is 1220. The summed E-state index contributed by atoms with van der Waals surface area (Å²) in [4.78, 5) is 28.7. The van der Waals surface area contributed by atoms with Gasteiger partial charge in [0.25, 0.3) is 11.6 Å². The van der Waals surface area contributed by atoms with Crippen molar-refractivity contribution < 1.29 is 28.7 Å². The van der Waals surface area contributed by atoms with E-state index in [1.165, 1.54) is 23.5 Å². The van der Waals surface area contributed by atoms with E-state index < -0.39 is 10.8 Å². The number of hydrogen-bond acceptors (Lipinski definition) is 8. The number of hydrogen-bond donors (Lipinski definition) is 0. The van der Waals surface area contributed by atoms with E-state index in [2.05, 4.69) is 4.99 Å². The van der Waals surface area contributed by atoms with Crippen molar-refractivity contribution in [3.63, 3.8) is 0 Å². The SMILES string of the molecule is CCOc1cc(C(=O)N=c2sc3ccc([N+](=O)[O-])cc3n2CCOC)cc(OCC)c1OCC. The average Bonchev–Trinajstić information content (AvgIpc) is 3.15. The van der Waals surface area contributed by atoms with Gasteiger partial charge in [0.2, 0.25) is 5.75 Å². The van der Waals surface area contributed by atoms with Crippen LogP contribution in [0.3, 0.4) is 0 Å². The summed E-state index contributed by atoms with van der Waals surface area (Å²) in [6.07, 6.45) is 0. The Morgan fingerprint density at radius 3 is 2.26 bits per heavy atom. The number of ether oxygens (including phenoxy) is 4. The van der Waals surface area contributed by atoms with Gasteiger partial charge in [-0.3, -0.25) is 14.9 Å². The molecule has 2 aromatic carbocycles. The summed E-state index contributed by atoms with van der Waals surface area (Å²) in [5.74, 6) is 0.727. The van der Waals surface area contributed by atoms with E-state index in [4.69, 9.17) is 18.9 Å². The molecule has 11 heteroatoms. The van der Waals surface area contributed by atoms with Gasteiger partial charge >= 0.3 is 0 Å². The number of benzene rings is 2. The molecule has 0 unspecified atom stereocenters. The van der Waals surface area contributed by atoms with Crippen molar-refractivity contribution in [2.24, 2.45) is 4.99 Å². The zero-order chi connectivity index (χ0) is 24.7. The smallest absolute Gasteiger partial charge is 0.279 e. The van der Waals surface area contributed by atoms with Gasteiger partial charge in [-0.15, -0.1) is 0 Å². The average molecular weight is 490 g/mol. The number of rotatable bonds is 11. The zero-order valence-corrected chi connectivity index (χ0v) is 20.3. The standard InChI is InChI=1S/C23H27N3O7S/c1-5-31-18-12-15(13-19(32-6-2)21(18)33-7-3)22(27)24-23-25(10-11-30-4)17-14-16(26(28)29)8-9-20(17)34-23/h8-9,12-14H,5-7,10-11H2,1-4H3. The number of aromatic nitrogens is 1. The maximum absolute atomic E-state index is 13.2. The van der Waals surface area contributed by atoms with Crippen LogP contribution < -0.4 is 19.0 Å². The van der Waals surface area contributed by atoms with Crippen LogP contribution in [-0.4, -0.2) is 48.9 Å². The van der Waals surface area contributed by atoms with Crippen LogP contribution in [0.4, 0.5) is 5.69 Å². The lowest BCUT2D eigenvalue weighted by Gasteiger charge is -2.16. The highest BCUT2D eigenvalue weighted by Crippen LogP contribution is 2.39. The van der Waals surface area contributed by atoms with Crippen LogP contribution in [0.2, 0.25) is 0 Å². The predicted octanol–water partition coefficient (Wildman–Crippen LogP) is 4.19. The summed E-state index contributed by atoms with van der Waals surface area (Å²) >= 11 is 1.27. The molecule has 1 heterocycles. The van der Waals surface area contributed by atoms with Gasteiger partial charge in [0.15, 0.2) is 16.3 Å². The predicted molar refractivity (Wildman–Crippen MR) is 128 cm³/mol. The van der Waals surface area contributed by atoms with Crippen molar-refractivity contribution in [3.8, 4) is 17.2 Å². The molecule has 1 aromatic heterocycles. The van der Waals surface area contributed by atoms with E-state index in [-0.39, 0.29) is 11.3 Å². The molecular weight excluding hydrogens is 462 g/mol. The van der Waals surface area contributed by atoms with Gasteiger partial charge < -0.3 is 23.5 Å². The minimum Gasteiger partial charge on any atom is -0.490 e. The minimum atomic E-state index is -0.503. The largest absolute Gasteiger partial charge is 0.490 e. The summed E-state index contributed by atoms with van der Waals surface area (Å²) < 4.78 is 24.8. The third-order valence-corrected chi connectivity index (χ3v) is 5.81. The lowest BCUT2D eigenvalue weighted by molar-refractivity contribution is -0.384. The Hall–Kier alpha value is -3.44. The van der Waals surface area contributed by atoms with Crippen LogP contribution in [0.25, 0.3) is 10.2 Å². The quantitative estimate of drug-likeness (QED) is 0.293. The van der Waals surface area contributed by atoms with Gasteiger partial charge in [-0.2, -0.15) is 4.99 Å². The van der Waals surface area contributed by atoms with Crippen molar-refractivity contribution >= 4 is 33.1 Å².